The molecule has 0 nitrogen and oxygen atoms in total. The molecule has 0 radical (unpaired) electrons. The van der Waals surface area contributed by atoms with Crippen molar-refractivity contribution >= 4 is 0 Å². The van der Waals surface area contributed by atoms with Crippen LogP contribution in [-0.2, 0) is 6.18 Å². The zero-order valence-corrected chi connectivity index (χ0v) is 6.87. The topological polar surface area (TPSA) is 0 Å². The molecule has 0 aliphatic heterocycles. The van der Waals surface area contributed by atoms with Crippen LogP contribution in [0.4, 0.5) is 13.2 Å². The van der Waals surface area contributed by atoms with Crippen LogP contribution in [-0.4, -0.2) is 0 Å². The minimum absolute atomic E-state index is 0. The van der Waals surface area contributed by atoms with Crippen molar-refractivity contribution in [3.8, 4) is 0 Å². The Hall–Kier alpha value is -0.393. The number of hydrogen-bond acceptors (Lipinski definition) is 0. The Balaban J connectivity index is 0.00000121. The largest absolute Gasteiger partial charge is 1.00 e. The first-order chi connectivity index (χ1) is 5.02. The van der Waals surface area contributed by atoms with Gasteiger partial charge in [0, 0.05) is 0 Å². The summed E-state index contributed by atoms with van der Waals surface area (Å²) in [6, 6.07) is 6.36. The standard InChI is InChI=1S/C8H6F3.Li/c1-6-4-2-3-5-7(6)8(9,10)11;/h2-4H,1H3;/q-1;+1. The summed E-state index contributed by atoms with van der Waals surface area (Å²) in [5.74, 6) is 0. The molecular weight excluding hydrogens is 160 g/mol. The van der Waals surface area contributed by atoms with Gasteiger partial charge in [0.05, 0.1) is 0 Å². The van der Waals surface area contributed by atoms with Crippen LogP contribution in [0, 0.1) is 13.0 Å². The van der Waals surface area contributed by atoms with E-state index in [0.717, 1.165) is 0 Å². The van der Waals surface area contributed by atoms with Crippen LogP contribution in [0.5, 0.6) is 0 Å². The minimum Gasteiger partial charge on any atom is -0.176 e. The molecule has 0 amide bonds. The number of alkyl halides is 3. The molecule has 0 heterocycles. The van der Waals surface area contributed by atoms with Gasteiger partial charge >= 0.3 is 25.0 Å². The van der Waals surface area contributed by atoms with Gasteiger partial charge in [-0.25, -0.2) is 0 Å². The Morgan fingerprint density at radius 1 is 1.33 bits per heavy atom. The van der Waals surface area contributed by atoms with E-state index in [0.29, 0.717) is 0 Å². The van der Waals surface area contributed by atoms with E-state index in [1.807, 2.05) is 0 Å². The van der Waals surface area contributed by atoms with Crippen LogP contribution in [0.15, 0.2) is 18.2 Å². The van der Waals surface area contributed by atoms with Gasteiger partial charge in [0.2, 0.25) is 0 Å². The van der Waals surface area contributed by atoms with Crippen LogP contribution in [0.2, 0.25) is 0 Å². The summed E-state index contributed by atoms with van der Waals surface area (Å²) in [4.78, 5) is 0. The van der Waals surface area contributed by atoms with Crippen LogP contribution in [0.25, 0.3) is 0 Å². The Morgan fingerprint density at radius 2 is 1.92 bits per heavy atom. The summed E-state index contributed by atoms with van der Waals surface area (Å²) in [6.45, 7) is 1.42. The van der Waals surface area contributed by atoms with Crippen LogP contribution in [0.3, 0.4) is 0 Å². The number of rotatable bonds is 0. The average Bonchev–Trinajstić information content (AvgIpc) is 1.86. The van der Waals surface area contributed by atoms with Crippen molar-refractivity contribution in [1.29, 1.82) is 0 Å². The van der Waals surface area contributed by atoms with E-state index < -0.39 is 11.7 Å². The fourth-order valence-electron chi connectivity index (χ4n) is 0.826. The summed E-state index contributed by atoms with van der Waals surface area (Å²) in [7, 11) is 0. The van der Waals surface area contributed by atoms with Gasteiger partial charge in [-0.2, -0.15) is 37.4 Å². The second-order valence-electron chi connectivity index (χ2n) is 2.23. The van der Waals surface area contributed by atoms with Crippen LogP contribution >= 0.6 is 0 Å². The van der Waals surface area contributed by atoms with Crippen molar-refractivity contribution in [2.24, 2.45) is 0 Å². The normalized spacial score (nSPS) is 10.7. The second-order valence-corrected chi connectivity index (χ2v) is 2.23. The first kappa shape index (κ1) is 11.6. The molecule has 0 saturated carbocycles. The van der Waals surface area contributed by atoms with Crippen molar-refractivity contribution < 1.29 is 32.0 Å². The summed E-state index contributed by atoms with van der Waals surface area (Å²) in [5, 5.41) is 0. The molecule has 0 aliphatic carbocycles. The van der Waals surface area contributed by atoms with Gasteiger partial charge in [0.25, 0.3) is 0 Å². The van der Waals surface area contributed by atoms with E-state index >= 15 is 0 Å². The summed E-state index contributed by atoms with van der Waals surface area (Å²) in [6.07, 6.45) is -4.27. The van der Waals surface area contributed by atoms with Crippen LogP contribution in [0.1, 0.15) is 11.1 Å². The van der Waals surface area contributed by atoms with E-state index in [1.165, 1.54) is 25.1 Å². The monoisotopic (exact) mass is 166 g/mol. The molecule has 0 aliphatic rings. The fourth-order valence-corrected chi connectivity index (χ4v) is 0.826. The number of aryl methyl sites for hydroxylation is 1. The Kier molecular flexibility index (Phi) is 3.89. The first-order valence-electron chi connectivity index (χ1n) is 3.06. The number of halogens is 3. The van der Waals surface area contributed by atoms with Crippen molar-refractivity contribution in [1.82, 2.24) is 0 Å². The van der Waals surface area contributed by atoms with Gasteiger partial charge in [0.15, 0.2) is 0 Å². The van der Waals surface area contributed by atoms with Gasteiger partial charge in [-0.15, -0.1) is 5.56 Å². The third kappa shape index (κ3) is 2.58. The average molecular weight is 166 g/mol. The van der Waals surface area contributed by atoms with Gasteiger partial charge < -0.3 is 0 Å². The van der Waals surface area contributed by atoms with E-state index in [2.05, 4.69) is 6.07 Å². The molecule has 0 unspecified atom stereocenters. The maximum atomic E-state index is 12.0. The van der Waals surface area contributed by atoms with Crippen molar-refractivity contribution in [3.63, 3.8) is 0 Å². The van der Waals surface area contributed by atoms with Crippen molar-refractivity contribution in [3.05, 3.63) is 35.4 Å². The fraction of sp³-hybridized carbons (Fsp3) is 0.250. The quantitative estimate of drug-likeness (QED) is 0.370. The molecule has 0 atom stereocenters. The zero-order valence-electron chi connectivity index (χ0n) is 6.87. The Bertz CT molecular complexity index is 255. The third-order valence-corrected chi connectivity index (χ3v) is 1.35. The molecule has 0 bridgehead atoms. The maximum absolute atomic E-state index is 12.0. The van der Waals surface area contributed by atoms with E-state index in [1.54, 1.807) is 0 Å². The molecule has 1 rings (SSSR count). The molecular formula is C8H6F3Li. The molecule has 1 aromatic rings. The summed E-state index contributed by atoms with van der Waals surface area (Å²) < 4.78 is 36.1. The molecule has 0 fully saturated rings. The van der Waals surface area contributed by atoms with E-state index in [9.17, 15) is 13.2 Å². The maximum Gasteiger partial charge on any atom is 1.00 e. The second kappa shape index (κ2) is 4.02. The molecule has 1 aromatic carbocycles. The third-order valence-electron chi connectivity index (χ3n) is 1.35. The Labute approximate surface area is 81.0 Å². The van der Waals surface area contributed by atoms with Crippen molar-refractivity contribution in [2.45, 2.75) is 13.1 Å². The molecule has 0 aromatic heterocycles. The summed E-state index contributed by atoms with van der Waals surface area (Å²) >= 11 is 0. The van der Waals surface area contributed by atoms with Gasteiger partial charge in [-0.05, 0) is 0 Å². The van der Waals surface area contributed by atoms with Gasteiger partial charge in [0.1, 0.15) is 0 Å². The van der Waals surface area contributed by atoms with E-state index in [-0.39, 0.29) is 24.4 Å². The summed E-state index contributed by atoms with van der Waals surface area (Å²) in [5.41, 5.74) is -0.472. The Morgan fingerprint density at radius 3 is 2.25 bits per heavy atom. The molecule has 60 valence electrons. The predicted octanol–water partition coefficient (Wildman–Crippen LogP) is -0.182. The molecule has 4 heteroatoms. The zero-order chi connectivity index (χ0) is 8.48. The van der Waals surface area contributed by atoms with Gasteiger partial charge in [-0.1, -0.05) is 12.5 Å². The molecule has 0 saturated heterocycles. The van der Waals surface area contributed by atoms with E-state index in [4.69, 9.17) is 0 Å². The smallest absolute Gasteiger partial charge is 0.176 e. The minimum atomic E-state index is -4.27. The molecule has 0 N–H and O–H groups in total. The first-order valence-corrected chi connectivity index (χ1v) is 3.06. The predicted molar refractivity (Wildman–Crippen MR) is 35.0 cm³/mol. The SMILES string of the molecule is Cc1ccc[c-]c1C(F)(F)F.[Li+]. The van der Waals surface area contributed by atoms with Crippen LogP contribution < -0.4 is 18.9 Å². The number of benzene rings is 1. The number of hydrogen-bond donors (Lipinski definition) is 0. The molecule has 0 spiro atoms. The van der Waals surface area contributed by atoms with Gasteiger partial charge in [-0.3, -0.25) is 0 Å². The van der Waals surface area contributed by atoms with Crippen molar-refractivity contribution in [2.75, 3.05) is 0 Å². The molecule has 12 heavy (non-hydrogen) atoms.